The Bertz CT molecular complexity index is 642. The average Bonchev–Trinajstić information content (AvgIpc) is 2.68. The van der Waals surface area contributed by atoms with E-state index in [0.29, 0.717) is 31.4 Å². The SMILES string of the molecule is Cc1[nH]c(C(=O)O)c(C)c1S(=O)(=O)NC1CCC(O)CC1. The molecule has 0 saturated heterocycles. The molecule has 0 atom stereocenters. The van der Waals surface area contributed by atoms with Crippen LogP contribution in [0.25, 0.3) is 0 Å². The van der Waals surface area contributed by atoms with Gasteiger partial charge in [-0.2, -0.15) is 0 Å². The number of aromatic carboxylic acids is 1. The van der Waals surface area contributed by atoms with Gasteiger partial charge in [-0.3, -0.25) is 0 Å². The lowest BCUT2D eigenvalue weighted by Gasteiger charge is -2.26. The topological polar surface area (TPSA) is 119 Å². The molecule has 2 rings (SSSR count). The van der Waals surface area contributed by atoms with E-state index in [-0.39, 0.29) is 28.3 Å². The van der Waals surface area contributed by atoms with Crippen molar-refractivity contribution in [2.45, 2.75) is 56.6 Å². The molecule has 4 N–H and O–H groups in total. The number of aromatic amines is 1. The Labute approximate surface area is 123 Å². The first-order valence-corrected chi connectivity index (χ1v) is 8.33. The Kier molecular flexibility index (Phi) is 4.40. The molecular formula is C13H20N2O5S. The van der Waals surface area contributed by atoms with E-state index in [1.807, 2.05) is 0 Å². The number of sulfonamides is 1. The molecule has 8 heteroatoms. The maximum atomic E-state index is 12.5. The highest BCUT2D eigenvalue weighted by molar-refractivity contribution is 7.89. The molecule has 118 valence electrons. The number of carboxylic acid groups (broad SMARTS) is 1. The van der Waals surface area contributed by atoms with E-state index in [4.69, 9.17) is 5.11 Å². The van der Waals surface area contributed by atoms with Crippen LogP contribution in [0.5, 0.6) is 0 Å². The second-order valence-electron chi connectivity index (χ2n) is 5.51. The summed E-state index contributed by atoms with van der Waals surface area (Å²) >= 11 is 0. The van der Waals surface area contributed by atoms with Gasteiger partial charge in [0, 0.05) is 17.3 Å². The third kappa shape index (κ3) is 3.28. The van der Waals surface area contributed by atoms with E-state index in [1.165, 1.54) is 6.92 Å². The van der Waals surface area contributed by atoms with E-state index in [0.717, 1.165) is 0 Å². The summed E-state index contributed by atoms with van der Waals surface area (Å²) in [5.74, 6) is -1.18. The van der Waals surface area contributed by atoms with Crippen LogP contribution in [-0.2, 0) is 10.0 Å². The van der Waals surface area contributed by atoms with Crippen molar-refractivity contribution in [3.8, 4) is 0 Å². The number of nitrogens with one attached hydrogen (secondary N) is 2. The summed E-state index contributed by atoms with van der Waals surface area (Å²) in [4.78, 5) is 13.7. The fourth-order valence-corrected chi connectivity index (χ4v) is 4.57. The first-order valence-electron chi connectivity index (χ1n) is 6.85. The van der Waals surface area contributed by atoms with E-state index in [1.54, 1.807) is 6.92 Å². The molecule has 21 heavy (non-hydrogen) atoms. The fourth-order valence-electron chi connectivity index (χ4n) is 2.82. The molecule has 0 aliphatic heterocycles. The van der Waals surface area contributed by atoms with Gasteiger partial charge >= 0.3 is 5.97 Å². The Morgan fingerprint density at radius 2 is 1.81 bits per heavy atom. The highest BCUT2D eigenvalue weighted by atomic mass is 32.2. The van der Waals surface area contributed by atoms with Crippen LogP contribution < -0.4 is 4.72 Å². The monoisotopic (exact) mass is 316 g/mol. The van der Waals surface area contributed by atoms with Crippen molar-refractivity contribution in [1.29, 1.82) is 0 Å². The molecule has 7 nitrogen and oxygen atoms in total. The van der Waals surface area contributed by atoms with Gasteiger partial charge in [-0.1, -0.05) is 0 Å². The fraction of sp³-hybridized carbons (Fsp3) is 0.615. The molecule has 1 aliphatic carbocycles. The van der Waals surface area contributed by atoms with Gasteiger partial charge in [0.25, 0.3) is 0 Å². The Morgan fingerprint density at radius 1 is 1.24 bits per heavy atom. The molecule has 0 bridgehead atoms. The third-order valence-electron chi connectivity index (χ3n) is 3.87. The quantitative estimate of drug-likeness (QED) is 0.658. The minimum atomic E-state index is -3.78. The van der Waals surface area contributed by atoms with Crippen LogP contribution in [0.2, 0.25) is 0 Å². The van der Waals surface area contributed by atoms with Crippen molar-refractivity contribution < 1.29 is 23.4 Å². The lowest BCUT2D eigenvalue weighted by atomic mass is 9.94. The van der Waals surface area contributed by atoms with Crippen LogP contribution in [-0.4, -0.2) is 41.7 Å². The Morgan fingerprint density at radius 3 is 2.29 bits per heavy atom. The maximum Gasteiger partial charge on any atom is 0.352 e. The summed E-state index contributed by atoms with van der Waals surface area (Å²) in [6.07, 6.45) is 1.93. The number of aromatic nitrogens is 1. The Hall–Kier alpha value is -1.38. The zero-order valence-corrected chi connectivity index (χ0v) is 12.8. The average molecular weight is 316 g/mol. The molecule has 0 amide bonds. The zero-order valence-electron chi connectivity index (χ0n) is 12.0. The summed E-state index contributed by atoms with van der Waals surface area (Å²) < 4.78 is 27.6. The number of hydrogen-bond acceptors (Lipinski definition) is 4. The molecule has 0 aromatic carbocycles. The molecule has 1 saturated carbocycles. The van der Waals surface area contributed by atoms with Crippen molar-refractivity contribution >= 4 is 16.0 Å². The van der Waals surface area contributed by atoms with E-state index in [9.17, 15) is 18.3 Å². The molecule has 1 aromatic rings. The van der Waals surface area contributed by atoms with Crippen LogP contribution in [0.3, 0.4) is 0 Å². The van der Waals surface area contributed by atoms with Crippen molar-refractivity contribution in [3.63, 3.8) is 0 Å². The van der Waals surface area contributed by atoms with Gasteiger partial charge in [-0.05, 0) is 39.5 Å². The standard InChI is InChI=1S/C13H20N2O5S/c1-7-11(13(17)18)14-8(2)12(7)21(19,20)15-9-3-5-10(16)6-4-9/h9-10,14-16H,3-6H2,1-2H3,(H,17,18). The number of carboxylic acids is 1. The molecule has 0 unspecified atom stereocenters. The summed E-state index contributed by atoms with van der Waals surface area (Å²) in [6, 6.07) is -0.222. The van der Waals surface area contributed by atoms with Gasteiger partial charge in [0.2, 0.25) is 10.0 Å². The van der Waals surface area contributed by atoms with Gasteiger partial charge in [-0.25, -0.2) is 17.9 Å². The van der Waals surface area contributed by atoms with Crippen LogP contribution in [0.15, 0.2) is 4.90 Å². The largest absolute Gasteiger partial charge is 0.477 e. The second kappa shape index (κ2) is 5.78. The molecule has 0 spiro atoms. The van der Waals surface area contributed by atoms with Crippen LogP contribution >= 0.6 is 0 Å². The highest BCUT2D eigenvalue weighted by Gasteiger charge is 2.30. The van der Waals surface area contributed by atoms with Crippen LogP contribution in [0, 0.1) is 13.8 Å². The smallest absolute Gasteiger partial charge is 0.352 e. The van der Waals surface area contributed by atoms with E-state index >= 15 is 0 Å². The summed E-state index contributed by atoms with van der Waals surface area (Å²) in [7, 11) is -3.78. The van der Waals surface area contributed by atoms with Gasteiger partial charge in [-0.15, -0.1) is 0 Å². The number of H-pyrrole nitrogens is 1. The molecular weight excluding hydrogens is 296 g/mol. The van der Waals surface area contributed by atoms with Crippen LogP contribution in [0.1, 0.15) is 47.4 Å². The van der Waals surface area contributed by atoms with Gasteiger partial charge in [0.15, 0.2) is 0 Å². The highest BCUT2D eigenvalue weighted by Crippen LogP contribution is 2.25. The summed E-state index contributed by atoms with van der Waals surface area (Å²) in [5, 5.41) is 18.5. The summed E-state index contributed by atoms with van der Waals surface area (Å²) in [5.41, 5.74) is 0.420. The lowest BCUT2D eigenvalue weighted by Crippen LogP contribution is -2.38. The minimum Gasteiger partial charge on any atom is -0.477 e. The van der Waals surface area contributed by atoms with E-state index in [2.05, 4.69) is 9.71 Å². The first kappa shape index (κ1) is 16.0. The predicted molar refractivity (Wildman–Crippen MR) is 75.8 cm³/mol. The molecule has 1 aliphatic rings. The first-order chi connectivity index (χ1) is 9.72. The summed E-state index contributed by atoms with van der Waals surface area (Å²) in [6.45, 7) is 3.02. The van der Waals surface area contributed by atoms with Crippen molar-refractivity contribution in [3.05, 3.63) is 17.0 Å². The minimum absolute atomic E-state index is 0.00558. The third-order valence-corrected chi connectivity index (χ3v) is 5.66. The number of aliphatic hydroxyl groups is 1. The normalized spacial score (nSPS) is 23.2. The number of hydrogen-bond donors (Lipinski definition) is 4. The van der Waals surface area contributed by atoms with Crippen molar-refractivity contribution in [1.82, 2.24) is 9.71 Å². The van der Waals surface area contributed by atoms with Gasteiger partial charge < -0.3 is 15.2 Å². The van der Waals surface area contributed by atoms with Crippen LogP contribution in [0.4, 0.5) is 0 Å². The lowest BCUT2D eigenvalue weighted by molar-refractivity contribution is 0.0690. The van der Waals surface area contributed by atoms with Gasteiger partial charge in [0.1, 0.15) is 10.6 Å². The number of aliphatic hydroxyl groups excluding tert-OH is 1. The maximum absolute atomic E-state index is 12.5. The van der Waals surface area contributed by atoms with Gasteiger partial charge in [0.05, 0.1) is 6.10 Å². The molecule has 1 aromatic heterocycles. The number of carbonyl (C=O) groups is 1. The number of aryl methyl sites for hydroxylation is 1. The molecule has 1 heterocycles. The van der Waals surface area contributed by atoms with E-state index < -0.39 is 16.0 Å². The molecule has 1 fully saturated rings. The predicted octanol–water partition coefficient (Wildman–Crippen LogP) is 0.912. The van der Waals surface area contributed by atoms with Crippen molar-refractivity contribution in [2.24, 2.45) is 0 Å². The molecule has 0 radical (unpaired) electrons. The zero-order chi connectivity index (χ0) is 15.8. The number of rotatable bonds is 4. The van der Waals surface area contributed by atoms with Crippen molar-refractivity contribution in [2.75, 3.05) is 0 Å². The second-order valence-corrected chi connectivity index (χ2v) is 7.16. The Balaban J connectivity index is 2.26.